The third kappa shape index (κ3) is 3.83. The van der Waals surface area contributed by atoms with Crippen LogP contribution in [-0.4, -0.2) is 17.6 Å². The molecule has 3 rings (SSSR count). The van der Waals surface area contributed by atoms with Crippen LogP contribution in [0.25, 0.3) is 0 Å². The van der Waals surface area contributed by atoms with Gasteiger partial charge in [-0.3, -0.25) is 9.59 Å². The molecule has 0 spiro atoms. The molecule has 1 heterocycles. The van der Waals surface area contributed by atoms with Crippen molar-refractivity contribution in [3.05, 3.63) is 100.0 Å². The molecule has 2 aromatic carbocycles. The lowest BCUT2D eigenvalue weighted by Crippen LogP contribution is -2.30. The summed E-state index contributed by atoms with van der Waals surface area (Å²) in [6, 6.07) is 19.9. The monoisotopic (exact) mass is 348 g/mol. The van der Waals surface area contributed by atoms with Gasteiger partial charge < -0.3 is 14.6 Å². The predicted octanol–water partition coefficient (Wildman–Crippen LogP) is 2.91. The highest BCUT2D eigenvalue weighted by atomic mass is 16.5. The van der Waals surface area contributed by atoms with Crippen LogP contribution in [0.3, 0.4) is 0 Å². The SMILES string of the molecule is COc1ccc([C@@H](NC(=O)c2ccn(C)c(=O)c2)c2ccccc2)cc1. The minimum Gasteiger partial charge on any atom is -0.497 e. The van der Waals surface area contributed by atoms with Gasteiger partial charge in [0, 0.05) is 24.9 Å². The number of hydrogen-bond acceptors (Lipinski definition) is 3. The van der Waals surface area contributed by atoms with E-state index < -0.39 is 0 Å². The molecule has 1 amide bonds. The van der Waals surface area contributed by atoms with Gasteiger partial charge in [0.25, 0.3) is 11.5 Å². The van der Waals surface area contributed by atoms with E-state index in [1.807, 2.05) is 54.6 Å². The minimum atomic E-state index is -0.335. The van der Waals surface area contributed by atoms with Crippen LogP contribution in [0.4, 0.5) is 0 Å². The van der Waals surface area contributed by atoms with Gasteiger partial charge in [-0.15, -0.1) is 0 Å². The number of ether oxygens (including phenoxy) is 1. The molecule has 0 radical (unpaired) electrons. The Balaban J connectivity index is 1.93. The molecular formula is C21H20N2O3. The fourth-order valence-corrected chi connectivity index (χ4v) is 2.71. The summed E-state index contributed by atoms with van der Waals surface area (Å²) < 4.78 is 6.63. The van der Waals surface area contributed by atoms with Gasteiger partial charge in [0.15, 0.2) is 0 Å². The fourth-order valence-electron chi connectivity index (χ4n) is 2.71. The standard InChI is InChI=1S/C21H20N2O3/c1-23-13-12-17(14-19(23)24)21(25)22-20(15-6-4-3-5-7-15)16-8-10-18(26-2)11-9-16/h3-14,20H,1-2H3,(H,22,25)/t20-/m0/s1. The van der Waals surface area contributed by atoms with E-state index in [0.29, 0.717) is 5.56 Å². The normalized spacial score (nSPS) is 11.6. The molecule has 0 aliphatic heterocycles. The Hall–Kier alpha value is -3.34. The quantitative estimate of drug-likeness (QED) is 0.771. The van der Waals surface area contributed by atoms with Crippen molar-refractivity contribution in [3.63, 3.8) is 0 Å². The van der Waals surface area contributed by atoms with Crippen LogP contribution < -0.4 is 15.6 Å². The van der Waals surface area contributed by atoms with E-state index in [9.17, 15) is 9.59 Å². The van der Waals surface area contributed by atoms with Crippen molar-refractivity contribution in [2.24, 2.45) is 7.05 Å². The first kappa shape index (κ1) is 17.5. The highest BCUT2D eigenvalue weighted by Crippen LogP contribution is 2.24. The van der Waals surface area contributed by atoms with Gasteiger partial charge in [0.2, 0.25) is 0 Å². The maximum absolute atomic E-state index is 12.7. The van der Waals surface area contributed by atoms with Gasteiger partial charge in [-0.1, -0.05) is 42.5 Å². The lowest BCUT2D eigenvalue weighted by Gasteiger charge is -2.20. The zero-order valence-electron chi connectivity index (χ0n) is 14.7. The number of pyridine rings is 1. The molecular weight excluding hydrogens is 328 g/mol. The molecule has 1 N–H and O–H groups in total. The number of aromatic nitrogens is 1. The first-order valence-corrected chi connectivity index (χ1v) is 8.25. The maximum atomic E-state index is 12.7. The van der Waals surface area contributed by atoms with Crippen LogP contribution in [0.5, 0.6) is 5.75 Å². The van der Waals surface area contributed by atoms with Gasteiger partial charge in [0.05, 0.1) is 13.2 Å². The van der Waals surface area contributed by atoms with Crippen molar-refractivity contribution < 1.29 is 9.53 Å². The second-order valence-electron chi connectivity index (χ2n) is 5.95. The number of aryl methyl sites for hydroxylation is 1. The Labute approximate surface area is 151 Å². The Morgan fingerprint density at radius 3 is 2.27 bits per heavy atom. The van der Waals surface area contributed by atoms with Crippen molar-refractivity contribution in [2.75, 3.05) is 7.11 Å². The van der Waals surface area contributed by atoms with Crippen LogP contribution in [0.1, 0.15) is 27.5 Å². The topological polar surface area (TPSA) is 60.3 Å². The summed E-state index contributed by atoms with van der Waals surface area (Å²) in [5.74, 6) is 0.450. The lowest BCUT2D eigenvalue weighted by molar-refractivity contribution is 0.0942. The summed E-state index contributed by atoms with van der Waals surface area (Å²) in [6.45, 7) is 0. The highest BCUT2D eigenvalue weighted by Gasteiger charge is 2.18. The summed E-state index contributed by atoms with van der Waals surface area (Å²) in [6.07, 6.45) is 1.59. The number of rotatable bonds is 5. The molecule has 0 bridgehead atoms. The van der Waals surface area contributed by atoms with Gasteiger partial charge >= 0.3 is 0 Å². The van der Waals surface area contributed by atoms with E-state index in [1.165, 1.54) is 10.6 Å². The number of nitrogens with zero attached hydrogens (tertiary/aromatic N) is 1. The van der Waals surface area contributed by atoms with Gasteiger partial charge in [0.1, 0.15) is 5.75 Å². The zero-order valence-corrected chi connectivity index (χ0v) is 14.7. The number of carbonyl (C=O) groups is 1. The van der Waals surface area contributed by atoms with Crippen LogP contribution in [0.15, 0.2) is 77.7 Å². The van der Waals surface area contributed by atoms with Crippen molar-refractivity contribution in [1.82, 2.24) is 9.88 Å². The Kier molecular flexibility index (Phi) is 5.17. The van der Waals surface area contributed by atoms with Crippen LogP contribution in [0, 0.1) is 0 Å². The third-order valence-electron chi connectivity index (χ3n) is 4.22. The number of amides is 1. The molecule has 0 saturated carbocycles. The third-order valence-corrected chi connectivity index (χ3v) is 4.22. The molecule has 0 unspecified atom stereocenters. The van der Waals surface area contributed by atoms with Crippen molar-refractivity contribution in [3.8, 4) is 5.75 Å². The summed E-state index contributed by atoms with van der Waals surface area (Å²) in [5.41, 5.74) is 1.99. The van der Waals surface area contributed by atoms with Gasteiger partial charge in [-0.25, -0.2) is 0 Å². The molecule has 0 aliphatic rings. The Morgan fingerprint density at radius 2 is 1.65 bits per heavy atom. The van der Waals surface area contributed by atoms with Gasteiger partial charge in [-0.2, -0.15) is 0 Å². The fraction of sp³-hybridized carbons (Fsp3) is 0.143. The van der Waals surface area contributed by atoms with Crippen LogP contribution in [-0.2, 0) is 7.05 Å². The number of benzene rings is 2. The average molecular weight is 348 g/mol. The maximum Gasteiger partial charge on any atom is 0.252 e. The summed E-state index contributed by atoms with van der Waals surface area (Å²) >= 11 is 0. The number of methoxy groups -OCH3 is 1. The first-order valence-electron chi connectivity index (χ1n) is 8.25. The summed E-state index contributed by atoms with van der Waals surface area (Å²) in [7, 11) is 3.26. The summed E-state index contributed by atoms with van der Waals surface area (Å²) in [4.78, 5) is 24.5. The van der Waals surface area contributed by atoms with E-state index in [4.69, 9.17) is 4.74 Å². The van der Waals surface area contributed by atoms with E-state index in [2.05, 4.69) is 5.32 Å². The number of hydrogen-bond donors (Lipinski definition) is 1. The van der Waals surface area contributed by atoms with E-state index in [-0.39, 0.29) is 17.5 Å². The van der Waals surface area contributed by atoms with Crippen LogP contribution >= 0.6 is 0 Å². The predicted molar refractivity (Wildman–Crippen MR) is 100 cm³/mol. The van der Waals surface area contributed by atoms with Crippen molar-refractivity contribution >= 4 is 5.91 Å². The molecule has 5 nitrogen and oxygen atoms in total. The molecule has 1 aromatic heterocycles. The Morgan fingerprint density at radius 1 is 1.00 bits per heavy atom. The van der Waals surface area contributed by atoms with Gasteiger partial charge in [-0.05, 0) is 29.3 Å². The van der Waals surface area contributed by atoms with Crippen molar-refractivity contribution in [2.45, 2.75) is 6.04 Å². The van der Waals surface area contributed by atoms with E-state index in [0.717, 1.165) is 16.9 Å². The molecule has 0 aliphatic carbocycles. The first-order chi connectivity index (χ1) is 12.6. The molecule has 3 aromatic rings. The molecule has 0 saturated heterocycles. The second kappa shape index (κ2) is 7.70. The molecule has 0 fully saturated rings. The lowest BCUT2D eigenvalue weighted by atomic mass is 9.98. The molecule has 1 atom stereocenters. The minimum absolute atomic E-state index is 0.224. The molecule has 5 heteroatoms. The summed E-state index contributed by atoms with van der Waals surface area (Å²) in [5, 5.41) is 3.02. The van der Waals surface area contributed by atoms with Crippen LogP contribution in [0.2, 0.25) is 0 Å². The Bertz CT molecular complexity index is 947. The largest absolute Gasteiger partial charge is 0.497 e. The zero-order chi connectivity index (χ0) is 18.5. The second-order valence-corrected chi connectivity index (χ2v) is 5.95. The van der Waals surface area contributed by atoms with E-state index >= 15 is 0 Å². The smallest absolute Gasteiger partial charge is 0.252 e. The van der Waals surface area contributed by atoms with Crippen molar-refractivity contribution in [1.29, 1.82) is 0 Å². The number of carbonyl (C=O) groups excluding carboxylic acids is 1. The van der Waals surface area contributed by atoms with E-state index in [1.54, 1.807) is 26.4 Å². The molecule has 132 valence electrons. The molecule has 26 heavy (non-hydrogen) atoms. The highest BCUT2D eigenvalue weighted by molar-refractivity contribution is 5.94. The number of nitrogens with one attached hydrogen (secondary N) is 1. The average Bonchev–Trinajstić information content (AvgIpc) is 2.69.